The molecule has 0 bridgehead atoms. The lowest BCUT2D eigenvalue weighted by Gasteiger charge is -1.99. The number of aliphatic carboxylic acids is 1. The first-order chi connectivity index (χ1) is 7.02. The van der Waals surface area contributed by atoms with Crippen LogP contribution in [-0.4, -0.2) is 16.0 Å². The Bertz CT molecular complexity index is 430. The molecular weight excluding hydrogens is 202 g/mol. The molecule has 15 heavy (non-hydrogen) atoms. The molecule has 0 spiro atoms. The molecule has 0 atom stereocenters. The van der Waals surface area contributed by atoms with Gasteiger partial charge in [0.05, 0.1) is 17.0 Å². The molecule has 0 saturated heterocycles. The van der Waals surface area contributed by atoms with Gasteiger partial charge in [0, 0.05) is 12.1 Å². The van der Waals surface area contributed by atoms with Gasteiger partial charge in [-0.25, -0.2) is 5.53 Å². The van der Waals surface area contributed by atoms with Gasteiger partial charge in [-0.15, -0.1) is 0 Å². The van der Waals surface area contributed by atoms with Crippen LogP contribution in [0, 0.1) is 15.6 Å². The zero-order chi connectivity index (χ0) is 11.4. The van der Waals surface area contributed by atoms with Gasteiger partial charge in [0.15, 0.2) is 0 Å². The standard InChI is InChI=1S/C8H7N3O4/c9-10-6-1-5(3-8(12)13)2-7(4-6)11(14)15/h1-2,4,9H,3H2,(H,12,13). The van der Waals surface area contributed by atoms with Gasteiger partial charge in [0.25, 0.3) is 5.69 Å². The van der Waals surface area contributed by atoms with E-state index in [0.29, 0.717) is 0 Å². The maximum Gasteiger partial charge on any atom is 0.307 e. The molecule has 0 heterocycles. The molecule has 1 aromatic carbocycles. The molecule has 0 radical (unpaired) electrons. The van der Waals surface area contributed by atoms with E-state index in [-0.39, 0.29) is 23.4 Å². The van der Waals surface area contributed by atoms with Gasteiger partial charge in [-0.2, -0.15) is 5.11 Å². The summed E-state index contributed by atoms with van der Waals surface area (Å²) in [5.74, 6) is -1.09. The quantitative estimate of drug-likeness (QED) is 0.447. The van der Waals surface area contributed by atoms with Gasteiger partial charge in [0.1, 0.15) is 0 Å². The molecule has 0 aromatic heterocycles. The number of rotatable bonds is 4. The fourth-order valence-corrected chi connectivity index (χ4v) is 1.10. The Morgan fingerprint density at radius 1 is 1.53 bits per heavy atom. The molecule has 1 aromatic rings. The molecule has 0 unspecified atom stereocenters. The second-order valence-electron chi connectivity index (χ2n) is 2.80. The van der Waals surface area contributed by atoms with E-state index in [2.05, 4.69) is 5.11 Å². The van der Waals surface area contributed by atoms with Crippen molar-refractivity contribution < 1.29 is 14.8 Å². The molecule has 0 aliphatic rings. The van der Waals surface area contributed by atoms with Crippen LogP contribution in [0.25, 0.3) is 0 Å². The summed E-state index contributed by atoms with van der Waals surface area (Å²) < 4.78 is 0. The zero-order valence-electron chi connectivity index (χ0n) is 7.51. The van der Waals surface area contributed by atoms with Gasteiger partial charge in [-0.1, -0.05) is 0 Å². The summed E-state index contributed by atoms with van der Waals surface area (Å²) in [6.07, 6.45) is -0.329. The molecule has 0 saturated carbocycles. The molecule has 0 aliphatic carbocycles. The summed E-state index contributed by atoms with van der Waals surface area (Å²) in [6.45, 7) is 0. The van der Waals surface area contributed by atoms with E-state index in [9.17, 15) is 14.9 Å². The number of carbonyl (C=O) groups is 1. The third kappa shape index (κ3) is 2.83. The normalized spacial score (nSPS) is 9.60. The number of nitro benzene ring substituents is 1. The second-order valence-corrected chi connectivity index (χ2v) is 2.80. The minimum absolute atomic E-state index is 0.0699. The number of nitro groups is 1. The van der Waals surface area contributed by atoms with E-state index in [1.165, 1.54) is 6.07 Å². The van der Waals surface area contributed by atoms with Crippen LogP contribution in [0.2, 0.25) is 0 Å². The fraction of sp³-hybridized carbons (Fsp3) is 0.125. The van der Waals surface area contributed by atoms with Crippen LogP contribution in [0.5, 0.6) is 0 Å². The molecule has 2 N–H and O–H groups in total. The number of nitrogens with one attached hydrogen (secondary N) is 1. The van der Waals surface area contributed by atoms with E-state index < -0.39 is 10.9 Å². The van der Waals surface area contributed by atoms with Crippen molar-refractivity contribution in [2.75, 3.05) is 0 Å². The highest BCUT2D eigenvalue weighted by Crippen LogP contribution is 2.23. The summed E-state index contributed by atoms with van der Waals surface area (Å²) in [4.78, 5) is 20.2. The van der Waals surface area contributed by atoms with E-state index in [0.717, 1.165) is 12.1 Å². The lowest BCUT2D eigenvalue weighted by Crippen LogP contribution is -2.00. The van der Waals surface area contributed by atoms with Crippen LogP contribution in [-0.2, 0) is 11.2 Å². The number of nitrogens with zero attached hydrogens (tertiary/aromatic N) is 2. The first-order valence-corrected chi connectivity index (χ1v) is 3.90. The molecule has 7 heteroatoms. The summed E-state index contributed by atoms with van der Waals surface area (Å²) in [7, 11) is 0. The first-order valence-electron chi connectivity index (χ1n) is 3.90. The van der Waals surface area contributed by atoms with Gasteiger partial charge < -0.3 is 5.11 Å². The largest absolute Gasteiger partial charge is 0.481 e. The maximum absolute atomic E-state index is 10.5. The van der Waals surface area contributed by atoms with Gasteiger partial charge in [0.2, 0.25) is 0 Å². The van der Waals surface area contributed by atoms with Crippen molar-refractivity contribution in [3.05, 3.63) is 33.9 Å². The number of hydrogen-bond donors (Lipinski definition) is 2. The number of non-ortho nitro benzene ring substituents is 1. The van der Waals surface area contributed by atoms with Crippen LogP contribution in [0.4, 0.5) is 11.4 Å². The van der Waals surface area contributed by atoms with Crippen molar-refractivity contribution in [2.24, 2.45) is 5.11 Å². The molecule has 0 fully saturated rings. The van der Waals surface area contributed by atoms with Gasteiger partial charge in [-0.05, 0) is 11.6 Å². The van der Waals surface area contributed by atoms with E-state index in [1.807, 2.05) is 0 Å². The Morgan fingerprint density at radius 2 is 2.20 bits per heavy atom. The van der Waals surface area contributed by atoms with E-state index in [4.69, 9.17) is 10.6 Å². The van der Waals surface area contributed by atoms with E-state index >= 15 is 0 Å². The highest BCUT2D eigenvalue weighted by atomic mass is 16.6. The van der Waals surface area contributed by atoms with Crippen molar-refractivity contribution >= 4 is 17.3 Å². The summed E-state index contributed by atoms with van der Waals surface area (Å²) in [5, 5.41) is 22.0. The van der Waals surface area contributed by atoms with Gasteiger partial charge in [-0.3, -0.25) is 14.9 Å². The Hall–Kier alpha value is -2.31. The predicted molar refractivity (Wildman–Crippen MR) is 49.2 cm³/mol. The lowest BCUT2D eigenvalue weighted by atomic mass is 10.1. The average molecular weight is 209 g/mol. The highest BCUT2D eigenvalue weighted by molar-refractivity contribution is 5.71. The summed E-state index contributed by atoms with van der Waals surface area (Å²) in [6, 6.07) is 3.59. The van der Waals surface area contributed by atoms with Crippen LogP contribution in [0.15, 0.2) is 23.3 Å². The second kappa shape index (κ2) is 4.27. The molecular formula is C8H7N3O4. The van der Waals surface area contributed by atoms with Crippen molar-refractivity contribution in [1.82, 2.24) is 0 Å². The maximum atomic E-state index is 10.5. The van der Waals surface area contributed by atoms with Crippen LogP contribution < -0.4 is 0 Å². The Labute approximate surface area is 84.0 Å². The minimum Gasteiger partial charge on any atom is -0.481 e. The highest BCUT2D eigenvalue weighted by Gasteiger charge is 2.11. The predicted octanol–water partition coefficient (Wildman–Crippen LogP) is 1.88. The minimum atomic E-state index is -1.09. The molecule has 0 amide bonds. The third-order valence-corrected chi connectivity index (χ3v) is 1.66. The zero-order valence-corrected chi connectivity index (χ0v) is 7.51. The topological polar surface area (TPSA) is 117 Å². The number of benzene rings is 1. The monoisotopic (exact) mass is 209 g/mol. The van der Waals surface area contributed by atoms with Crippen LogP contribution in [0.1, 0.15) is 5.56 Å². The SMILES string of the molecule is N=Nc1cc(CC(=O)O)cc([N+](=O)[O-])c1. The van der Waals surface area contributed by atoms with Crippen molar-refractivity contribution in [2.45, 2.75) is 6.42 Å². The Balaban J connectivity index is 3.16. The van der Waals surface area contributed by atoms with E-state index in [1.54, 1.807) is 0 Å². The molecule has 7 nitrogen and oxygen atoms in total. The smallest absolute Gasteiger partial charge is 0.307 e. The Kier molecular flexibility index (Phi) is 3.06. The number of hydrogen-bond acceptors (Lipinski definition) is 5. The molecule has 1 rings (SSSR count). The molecule has 0 aliphatic heterocycles. The fourth-order valence-electron chi connectivity index (χ4n) is 1.10. The third-order valence-electron chi connectivity index (χ3n) is 1.66. The van der Waals surface area contributed by atoms with Crippen molar-refractivity contribution in [3.8, 4) is 0 Å². The first kappa shape index (κ1) is 10.8. The average Bonchev–Trinajstić information content (AvgIpc) is 2.16. The van der Waals surface area contributed by atoms with Crippen LogP contribution in [0.3, 0.4) is 0 Å². The van der Waals surface area contributed by atoms with Crippen molar-refractivity contribution in [3.63, 3.8) is 0 Å². The number of carboxylic acid groups (broad SMARTS) is 1. The molecule has 78 valence electrons. The van der Waals surface area contributed by atoms with Crippen molar-refractivity contribution in [1.29, 1.82) is 5.53 Å². The van der Waals surface area contributed by atoms with Crippen LogP contribution >= 0.6 is 0 Å². The lowest BCUT2D eigenvalue weighted by molar-refractivity contribution is -0.384. The summed E-state index contributed by atoms with van der Waals surface area (Å²) in [5.41, 5.74) is 6.77. The summed E-state index contributed by atoms with van der Waals surface area (Å²) >= 11 is 0. The Morgan fingerprint density at radius 3 is 2.67 bits per heavy atom. The van der Waals surface area contributed by atoms with Gasteiger partial charge >= 0.3 is 5.97 Å². The number of carboxylic acids is 1.